The van der Waals surface area contributed by atoms with Crippen LogP contribution in [0.25, 0.3) is 0 Å². The van der Waals surface area contributed by atoms with Crippen LogP contribution in [0.2, 0.25) is 0 Å². The van der Waals surface area contributed by atoms with E-state index in [-0.39, 0.29) is 11.9 Å². The smallest absolute Gasteiger partial charge is 0.195 e. The van der Waals surface area contributed by atoms with E-state index in [9.17, 15) is 4.39 Å². The number of nitrogens with one attached hydrogen (secondary N) is 1. The minimum absolute atomic E-state index is 0.0939. The van der Waals surface area contributed by atoms with Crippen molar-refractivity contribution in [2.75, 3.05) is 6.54 Å². The summed E-state index contributed by atoms with van der Waals surface area (Å²) in [5, 5.41) is 12.0. The van der Waals surface area contributed by atoms with Crippen molar-refractivity contribution in [2.45, 2.75) is 29.9 Å². The molecule has 19 heavy (non-hydrogen) atoms. The molecule has 0 aliphatic rings. The van der Waals surface area contributed by atoms with Gasteiger partial charge in [0.1, 0.15) is 12.1 Å². The molecule has 1 aromatic heterocycles. The number of nitrogens with zero attached hydrogens (tertiary/aromatic N) is 3. The Hall–Kier alpha value is -1.40. The molecule has 0 saturated carbocycles. The zero-order chi connectivity index (χ0) is 13.8. The summed E-state index contributed by atoms with van der Waals surface area (Å²) in [7, 11) is 1.89. The average molecular weight is 280 g/mol. The number of halogens is 1. The zero-order valence-electron chi connectivity index (χ0n) is 11.2. The van der Waals surface area contributed by atoms with Crippen LogP contribution in [0, 0.1) is 5.82 Å². The van der Waals surface area contributed by atoms with Gasteiger partial charge in [-0.05, 0) is 49.0 Å². The summed E-state index contributed by atoms with van der Waals surface area (Å²) in [4.78, 5) is 0.992. The molecule has 102 valence electrons. The van der Waals surface area contributed by atoms with Gasteiger partial charge in [-0.2, -0.15) is 0 Å². The van der Waals surface area contributed by atoms with E-state index in [2.05, 4.69) is 15.5 Å². The van der Waals surface area contributed by atoms with Crippen LogP contribution >= 0.6 is 11.8 Å². The normalized spacial score (nSPS) is 12.6. The molecule has 0 amide bonds. The number of hydrogen-bond acceptors (Lipinski definition) is 4. The summed E-state index contributed by atoms with van der Waals surface area (Å²) in [5.74, 6) is -0.220. The predicted molar refractivity (Wildman–Crippen MR) is 73.6 cm³/mol. The lowest BCUT2D eigenvalue weighted by Gasteiger charge is -2.16. The third kappa shape index (κ3) is 3.33. The minimum Gasteiger partial charge on any atom is -0.311 e. The summed E-state index contributed by atoms with van der Waals surface area (Å²) in [6, 6.07) is 4.93. The molecule has 4 nitrogen and oxygen atoms in total. The number of aryl methyl sites for hydroxylation is 1. The molecule has 1 unspecified atom stereocenters. The van der Waals surface area contributed by atoms with Crippen molar-refractivity contribution >= 4 is 11.8 Å². The lowest BCUT2D eigenvalue weighted by Crippen LogP contribution is -2.18. The van der Waals surface area contributed by atoms with Crippen LogP contribution < -0.4 is 5.32 Å². The molecule has 0 fully saturated rings. The second kappa shape index (κ2) is 6.16. The van der Waals surface area contributed by atoms with Gasteiger partial charge in [0.05, 0.1) is 0 Å². The van der Waals surface area contributed by atoms with Crippen LogP contribution in [0.3, 0.4) is 0 Å². The molecule has 0 spiro atoms. The van der Waals surface area contributed by atoms with Crippen LogP contribution in [0.1, 0.15) is 25.5 Å². The van der Waals surface area contributed by atoms with Crippen molar-refractivity contribution < 1.29 is 4.39 Å². The SMILES string of the molecule is CCNC(C)c1cc(F)ccc1Sc1nncn1C. The van der Waals surface area contributed by atoms with Crippen molar-refractivity contribution in [1.29, 1.82) is 0 Å². The van der Waals surface area contributed by atoms with E-state index in [1.807, 2.05) is 25.5 Å². The molecule has 0 aliphatic heterocycles. The van der Waals surface area contributed by atoms with Gasteiger partial charge in [-0.15, -0.1) is 10.2 Å². The monoisotopic (exact) mass is 280 g/mol. The first-order valence-electron chi connectivity index (χ1n) is 6.16. The number of benzene rings is 1. The molecule has 1 aromatic carbocycles. The highest BCUT2D eigenvalue weighted by Crippen LogP contribution is 2.32. The van der Waals surface area contributed by atoms with Crippen LogP contribution in [0.4, 0.5) is 4.39 Å². The highest BCUT2D eigenvalue weighted by atomic mass is 32.2. The molecule has 1 heterocycles. The van der Waals surface area contributed by atoms with Gasteiger partial charge >= 0.3 is 0 Å². The Morgan fingerprint density at radius 2 is 2.26 bits per heavy atom. The zero-order valence-corrected chi connectivity index (χ0v) is 12.0. The van der Waals surface area contributed by atoms with Gasteiger partial charge in [0.25, 0.3) is 0 Å². The van der Waals surface area contributed by atoms with E-state index in [1.165, 1.54) is 17.8 Å². The molecule has 6 heteroatoms. The fraction of sp³-hybridized carbons (Fsp3) is 0.385. The number of hydrogen-bond donors (Lipinski definition) is 1. The van der Waals surface area contributed by atoms with Crippen LogP contribution in [-0.4, -0.2) is 21.3 Å². The fourth-order valence-electron chi connectivity index (χ4n) is 1.83. The predicted octanol–water partition coefficient (Wildman–Crippen LogP) is 2.78. The van der Waals surface area contributed by atoms with Gasteiger partial charge in [-0.3, -0.25) is 0 Å². The largest absolute Gasteiger partial charge is 0.311 e. The summed E-state index contributed by atoms with van der Waals surface area (Å²) in [6.45, 7) is 4.90. The topological polar surface area (TPSA) is 42.7 Å². The first-order valence-corrected chi connectivity index (χ1v) is 6.98. The Balaban J connectivity index is 2.31. The maximum Gasteiger partial charge on any atom is 0.195 e. The molecule has 0 bridgehead atoms. The van der Waals surface area contributed by atoms with Crippen molar-refractivity contribution in [3.63, 3.8) is 0 Å². The standard InChI is InChI=1S/C13H17FN4S/c1-4-15-9(2)11-7-10(14)5-6-12(11)19-13-17-16-8-18(13)3/h5-9,15H,4H2,1-3H3. The molecular weight excluding hydrogens is 263 g/mol. The Morgan fingerprint density at radius 3 is 2.89 bits per heavy atom. The Bertz CT molecular complexity index is 555. The third-order valence-corrected chi connectivity index (χ3v) is 3.96. The molecule has 1 atom stereocenters. The highest BCUT2D eigenvalue weighted by Gasteiger charge is 2.14. The summed E-state index contributed by atoms with van der Waals surface area (Å²) < 4.78 is 15.3. The average Bonchev–Trinajstić information content (AvgIpc) is 2.77. The second-order valence-electron chi connectivity index (χ2n) is 4.29. The highest BCUT2D eigenvalue weighted by molar-refractivity contribution is 7.99. The van der Waals surface area contributed by atoms with Crippen LogP contribution in [-0.2, 0) is 7.05 Å². The van der Waals surface area contributed by atoms with Gasteiger partial charge in [-0.25, -0.2) is 4.39 Å². The van der Waals surface area contributed by atoms with Gasteiger partial charge in [0.2, 0.25) is 0 Å². The molecule has 0 radical (unpaired) electrons. The van der Waals surface area contributed by atoms with Crippen molar-refractivity contribution in [2.24, 2.45) is 7.05 Å². The Morgan fingerprint density at radius 1 is 1.47 bits per heavy atom. The van der Waals surface area contributed by atoms with E-state index in [0.717, 1.165) is 22.2 Å². The first kappa shape index (κ1) is 14.0. The molecule has 2 aromatic rings. The third-order valence-electron chi connectivity index (χ3n) is 2.82. The van der Waals surface area contributed by atoms with Crippen LogP contribution in [0.15, 0.2) is 34.6 Å². The lowest BCUT2D eigenvalue weighted by atomic mass is 10.1. The molecule has 1 N–H and O–H groups in total. The molecular formula is C13H17FN4S. The summed E-state index contributed by atoms with van der Waals surface area (Å²) in [6.07, 6.45) is 1.65. The van der Waals surface area contributed by atoms with E-state index in [1.54, 1.807) is 18.5 Å². The summed E-state index contributed by atoms with van der Waals surface area (Å²) in [5.41, 5.74) is 0.940. The van der Waals surface area contributed by atoms with Crippen molar-refractivity contribution in [3.8, 4) is 0 Å². The summed E-state index contributed by atoms with van der Waals surface area (Å²) >= 11 is 1.49. The second-order valence-corrected chi connectivity index (χ2v) is 5.30. The van der Waals surface area contributed by atoms with E-state index in [0.29, 0.717) is 0 Å². The quantitative estimate of drug-likeness (QED) is 0.914. The maximum absolute atomic E-state index is 13.4. The minimum atomic E-state index is -0.220. The molecule has 2 rings (SSSR count). The molecule has 0 aliphatic carbocycles. The Labute approximate surface area is 116 Å². The van der Waals surface area contributed by atoms with E-state index >= 15 is 0 Å². The van der Waals surface area contributed by atoms with E-state index < -0.39 is 0 Å². The first-order chi connectivity index (χ1) is 9.11. The van der Waals surface area contributed by atoms with Gasteiger partial charge < -0.3 is 9.88 Å². The molecule has 0 saturated heterocycles. The Kier molecular flexibility index (Phi) is 4.55. The van der Waals surface area contributed by atoms with Gasteiger partial charge in [0, 0.05) is 18.0 Å². The van der Waals surface area contributed by atoms with E-state index in [4.69, 9.17) is 0 Å². The van der Waals surface area contributed by atoms with Gasteiger partial charge in [0.15, 0.2) is 5.16 Å². The van der Waals surface area contributed by atoms with Crippen molar-refractivity contribution in [3.05, 3.63) is 35.9 Å². The maximum atomic E-state index is 13.4. The number of rotatable bonds is 5. The fourth-order valence-corrected chi connectivity index (χ4v) is 2.80. The number of aromatic nitrogens is 3. The lowest BCUT2D eigenvalue weighted by molar-refractivity contribution is 0.574. The van der Waals surface area contributed by atoms with Crippen LogP contribution in [0.5, 0.6) is 0 Å². The van der Waals surface area contributed by atoms with Gasteiger partial charge in [-0.1, -0.05) is 6.92 Å². The van der Waals surface area contributed by atoms with Crippen molar-refractivity contribution in [1.82, 2.24) is 20.1 Å².